The van der Waals surface area contributed by atoms with Crippen molar-refractivity contribution >= 4 is 23.2 Å². The minimum atomic E-state index is -0.926. The van der Waals surface area contributed by atoms with Gasteiger partial charge in [-0.15, -0.1) is 23.2 Å². The fourth-order valence-corrected chi connectivity index (χ4v) is 3.04. The summed E-state index contributed by atoms with van der Waals surface area (Å²) in [5.74, 6) is -2.14. The molecule has 0 unspecified atom stereocenters. The third-order valence-electron chi connectivity index (χ3n) is 3.51. The number of hydrogen-bond acceptors (Lipinski definition) is 0. The fourth-order valence-electron chi connectivity index (χ4n) is 2.25. The molecule has 0 N–H and O–H groups in total. The highest BCUT2D eigenvalue weighted by Gasteiger charge is 2.32. The summed E-state index contributed by atoms with van der Waals surface area (Å²) >= 11 is 12.1. The molecule has 2 rings (SSSR count). The van der Waals surface area contributed by atoms with E-state index in [2.05, 4.69) is 0 Å². The minimum absolute atomic E-state index is 0.0654. The third-order valence-corrected chi connectivity index (χ3v) is 4.53. The third kappa shape index (κ3) is 3.35. The molecule has 2 aromatic carbocycles. The van der Waals surface area contributed by atoms with Gasteiger partial charge in [-0.05, 0) is 35.7 Å². The van der Waals surface area contributed by atoms with Gasteiger partial charge in [-0.2, -0.15) is 0 Å². The van der Waals surface area contributed by atoms with E-state index in [1.54, 1.807) is 12.1 Å². The molecule has 0 aromatic heterocycles. The number of benzene rings is 2. The van der Waals surface area contributed by atoms with Crippen molar-refractivity contribution in [1.29, 1.82) is 0 Å². The average Bonchev–Trinajstić information content (AvgIpc) is 2.49. The van der Waals surface area contributed by atoms with E-state index in [1.807, 2.05) is 0 Å². The fraction of sp³-hybridized carbons (Fsp3) is 0.250. The normalized spacial score (nSPS) is 11.7. The standard InChI is InChI=1S/C16H13Cl2F3/c17-9-16(10-18,12-4-2-5-13(19)7-12)8-11-3-1-6-14(20)15(11)21/h1-7H,8-10H2. The predicted molar refractivity (Wildman–Crippen MR) is 79.6 cm³/mol. The van der Waals surface area contributed by atoms with Gasteiger partial charge in [0, 0.05) is 17.2 Å². The molecule has 0 aliphatic heterocycles. The molecule has 0 atom stereocenters. The zero-order chi connectivity index (χ0) is 15.5. The molecule has 0 bridgehead atoms. The summed E-state index contributed by atoms with van der Waals surface area (Å²) in [7, 11) is 0. The molecule has 0 heterocycles. The topological polar surface area (TPSA) is 0 Å². The Labute approximate surface area is 131 Å². The monoisotopic (exact) mass is 332 g/mol. The Morgan fingerprint density at radius 2 is 1.57 bits per heavy atom. The quantitative estimate of drug-likeness (QED) is 0.671. The smallest absolute Gasteiger partial charge is 0.162 e. The van der Waals surface area contributed by atoms with Gasteiger partial charge < -0.3 is 0 Å². The van der Waals surface area contributed by atoms with Crippen LogP contribution in [0.3, 0.4) is 0 Å². The first kappa shape index (κ1) is 16.2. The first-order valence-corrected chi connectivity index (χ1v) is 7.40. The Balaban J connectivity index is 2.45. The predicted octanol–water partition coefficient (Wildman–Crippen LogP) is 5.06. The van der Waals surface area contributed by atoms with E-state index in [1.165, 1.54) is 24.3 Å². The highest BCUT2D eigenvalue weighted by Crippen LogP contribution is 2.33. The maximum atomic E-state index is 13.9. The lowest BCUT2D eigenvalue weighted by atomic mass is 9.78. The highest BCUT2D eigenvalue weighted by atomic mass is 35.5. The molecule has 0 saturated heterocycles. The number of alkyl halides is 2. The van der Waals surface area contributed by atoms with Gasteiger partial charge in [-0.1, -0.05) is 24.3 Å². The van der Waals surface area contributed by atoms with E-state index in [0.717, 1.165) is 6.07 Å². The SMILES string of the molecule is Fc1cccc(C(CCl)(CCl)Cc2cccc(F)c2F)c1. The summed E-state index contributed by atoms with van der Waals surface area (Å²) in [6, 6.07) is 9.80. The van der Waals surface area contributed by atoms with Crippen molar-refractivity contribution in [2.45, 2.75) is 11.8 Å². The molecular weight excluding hydrogens is 320 g/mol. The molecule has 0 fully saturated rings. The van der Waals surface area contributed by atoms with Gasteiger partial charge in [0.15, 0.2) is 11.6 Å². The molecule has 112 valence electrons. The van der Waals surface area contributed by atoms with E-state index < -0.39 is 22.9 Å². The van der Waals surface area contributed by atoms with Gasteiger partial charge in [-0.25, -0.2) is 13.2 Å². The summed E-state index contributed by atoms with van der Waals surface area (Å²) in [4.78, 5) is 0. The molecule has 0 saturated carbocycles. The van der Waals surface area contributed by atoms with Gasteiger partial charge >= 0.3 is 0 Å². The van der Waals surface area contributed by atoms with Crippen LogP contribution in [-0.4, -0.2) is 11.8 Å². The Hall–Kier alpha value is -1.19. The Morgan fingerprint density at radius 1 is 0.905 bits per heavy atom. The second kappa shape index (κ2) is 6.71. The van der Waals surface area contributed by atoms with Crippen LogP contribution < -0.4 is 0 Å². The first-order chi connectivity index (χ1) is 10.0. The first-order valence-electron chi connectivity index (χ1n) is 6.33. The van der Waals surface area contributed by atoms with Crippen LogP contribution in [0.4, 0.5) is 13.2 Å². The zero-order valence-electron chi connectivity index (χ0n) is 11.1. The van der Waals surface area contributed by atoms with Crippen LogP contribution in [-0.2, 0) is 11.8 Å². The number of rotatable bonds is 5. The number of halogens is 5. The van der Waals surface area contributed by atoms with E-state index in [-0.39, 0.29) is 23.7 Å². The van der Waals surface area contributed by atoms with Crippen molar-refractivity contribution in [3.8, 4) is 0 Å². The Morgan fingerprint density at radius 3 is 2.19 bits per heavy atom. The van der Waals surface area contributed by atoms with Gasteiger partial charge in [-0.3, -0.25) is 0 Å². The van der Waals surface area contributed by atoms with Crippen molar-refractivity contribution in [1.82, 2.24) is 0 Å². The zero-order valence-corrected chi connectivity index (χ0v) is 12.6. The van der Waals surface area contributed by atoms with Gasteiger partial charge in [0.25, 0.3) is 0 Å². The second-order valence-corrected chi connectivity index (χ2v) is 5.48. The molecule has 0 aliphatic carbocycles. The van der Waals surface area contributed by atoms with E-state index in [0.29, 0.717) is 5.56 Å². The van der Waals surface area contributed by atoms with Crippen LogP contribution in [0.25, 0.3) is 0 Å². The van der Waals surface area contributed by atoms with Crippen molar-refractivity contribution < 1.29 is 13.2 Å². The van der Waals surface area contributed by atoms with E-state index in [9.17, 15) is 13.2 Å². The van der Waals surface area contributed by atoms with Gasteiger partial charge in [0.2, 0.25) is 0 Å². The molecule has 2 aromatic rings. The van der Waals surface area contributed by atoms with Crippen LogP contribution in [0, 0.1) is 17.5 Å². The molecule has 0 radical (unpaired) electrons. The van der Waals surface area contributed by atoms with Crippen molar-refractivity contribution in [2.24, 2.45) is 0 Å². The van der Waals surface area contributed by atoms with Crippen molar-refractivity contribution in [3.63, 3.8) is 0 Å². The lowest BCUT2D eigenvalue weighted by Crippen LogP contribution is -2.34. The molecular formula is C16H13Cl2F3. The summed E-state index contributed by atoms with van der Waals surface area (Å²) in [5, 5.41) is 0. The maximum absolute atomic E-state index is 13.9. The van der Waals surface area contributed by atoms with Crippen LogP contribution >= 0.6 is 23.2 Å². The Kier molecular flexibility index (Phi) is 5.17. The van der Waals surface area contributed by atoms with E-state index >= 15 is 0 Å². The van der Waals surface area contributed by atoms with E-state index in [4.69, 9.17) is 23.2 Å². The lowest BCUT2D eigenvalue weighted by Gasteiger charge is -2.30. The van der Waals surface area contributed by atoms with Crippen LogP contribution in [0.1, 0.15) is 11.1 Å². The van der Waals surface area contributed by atoms with Crippen LogP contribution in [0.2, 0.25) is 0 Å². The molecule has 5 heteroatoms. The van der Waals surface area contributed by atoms with Gasteiger partial charge in [0.05, 0.1) is 0 Å². The molecule has 0 spiro atoms. The van der Waals surface area contributed by atoms with Crippen molar-refractivity contribution in [2.75, 3.05) is 11.8 Å². The largest absolute Gasteiger partial charge is 0.207 e. The second-order valence-electron chi connectivity index (χ2n) is 4.95. The number of hydrogen-bond donors (Lipinski definition) is 0. The van der Waals surface area contributed by atoms with Gasteiger partial charge in [0.1, 0.15) is 5.82 Å². The summed E-state index contributed by atoms with van der Waals surface area (Å²) in [6.07, 6.45) is 0.0903. The molecule has 0 amide bonds. The lowest BCUT2D eigenvalue weighted by molar-refractivity contribution is 0.471. The Bertz CT molecular complexity index is 625. The van der Waals surface area contributed by atoms with Crippen LogP contribution in [0.15, 0.2) is 42.5 Å². The summed E-state index contributed by atoms with van der Waals surface area (Å²) < 4.78 is 40.6. The molecule has 0 nitrogen and oxygen atoms in total. The minimum Gasteiger partial charge on any atom is -0.207 e. The average molecular weight is 333 g/mol. The summed E-state index contributed by atoms with van der Waals surface area (Å²) in [5.41, 5.74) is -0.128. The maximum Gasteiger partial charge on any atom is 0.162 e. The summed E-state index contributed by atoms with van der Waals surface area (Å²) in [6.45, 7) is 0. The molecule has 21 heavy (non-hydrogen) atoms. The highest BCUT2D eigenvalue weighted by molar-refractivity contribution is 6.22. The van der Waals surface area contributed by atoms with Crippen molar-refractivity contribution in [3.05, 3.63) is 71.0 Å². The molecule has 0 aliphatic rings. The van der Waals surface area contributed by atoms with Crippen LogP contribution in [0.5, 0.6) is 0 Å².